The van der Waals surface area contributed by atoms with Crippen LogP contribution in [0.4, 0.5) is 10.5 Å². The van der Waals surface area contributed by atoms with E-state index in [1.807, 2.05) is 48.7 Å². The first kappa shape index (κ1) is 22.0. The molecule has 1 amide bonds. The maximum absolute atomic E-state index is 12.8. The van der Waals surface area contributed by atoms with Crippen LogP contribution in [-0.2, 0) is 11.3 Å². The second-order valence-corrected chi connectivity index (χ2v) is 10.9. The van der Waals surface area contributed by atoms with Crippen molar-refractivity contribution in [3.05, 3.63) is 60.4 Å². The van der Waals surface area contributed by atoms with E-state index in [9.17, 15) is 4.79 Å². The first-order chi connectivity index (χ1) is 16.8. The van der Waals surface area contributed by atoms with Gasteiger partial charge in [-0.15, -0.1) is 0 Å². The minimum atomic E-state index is -0.462. The van der Waals surface area contributed by atoms with Gasteiger partial charge in [0.15, 0.2) is 0 Å². The van der Waals surface area contributed by atoms with E-state index in [0.29, 0.717) is 12.6 Å². The molecule has 3 aliphatic heterocycles. The number of nitrogens with one attached hydrogen (secondary N) is 1. The van der Waals surface area contributed by atoms with Gasteiger partial charge in [0, 0.05) is 47.8 Å². The van der Waals surface area contributed by atoms with Crippen molar-refractivity contribution in [2.24, 2.45) is 0 Å². The Hall–Kier alpha value is -3.48. The molecule has 182 valence electrons. The van der Waals surface area contributed by atoms with Gasteiger partial charge in [0.2, 0.25) is 0 Å². The van der Waals surface area contributed by atoms with Crippen LogP contribution in [0.15, 0.2) is 54.9 Å². The second kappa shape index (κ2) is 8.33. The molecule has 2 fully saturated rings. The Morgan fingerprint density at radius 3 is 2.57 bits per heavy atom. The Morgan fingerprint density at radius 2 is 1.86 bits per heavy atom. The summed E-state index contributed by atoms with van der Waals surface area (Å²) in [6, 6.07) is 15.6. The van der Waals surface area contributed by atoms with Crippen molar-refractivity contribution in [2.45, 2.75) is 76.8 Å². The van der Waals surface area contributed by atoms with E-state index in [4.69, 9.17) is 9.47 Å². The van der Waals surface area contributed by atoms with E-state index in [1.54, 1.807) is 6.20 Å². The number of aromatic nitrogens is 2. The van der Waals surface area contributed by atoms with Crippen LogP contribution in [0.3, 0.4) is 0 Å². The number of piperidine rings is 1. The lowest BCUT2D eigenvalue weighted by Gasteiger charge is -2.40. The van der Waals surface area contributed by atoms with E-state index in [1.165, 1.54) is 11.1 Å². The molecular weight excluding hydrogens is 440 g/mol. The van der Waals surface area contributed by atoms with E-state index >= 15 is 0 Å². The van der Waals surface area contributed by atoms with Crippen molar-refractivity contribution in [3.63, 3.8) is 0 Å². The first-order valence-corrected chi connectivity index (χ1v) is 12.5. The number of carbonyl (C=O) groups excluding carboxylic acids is 1. The van der Waals surface area contributed by atoms with Gasteiger partial charge in [0.25, 0.3) is 0 Å². The fourth-order valence-electron chi connectivity index (χ4n) is 5.78. The van der Waals surface area contributed by atoms with Crippen LogP contribution in [0.2, 0.25) is 0 Å². The average molecular weight is 473 g/mol. The van der Waals surface area contributed by atoms with Gasteiger partial charge in [-0.3, -0.25) is 0 Å². The Bertz CT molecular complexity index is 1230. The second-order valence-electron chi connectivity index (χ2n) is 10.9. The molecule has 2 atom stereocenters. The summed E-state index contributed by atoms with van der Waals surface area (Å²) in [5.74, 6) is 0.886. The number of nitrogens with zero attached hydrogens (tertiary/aromatic N) is 3. The highest BCUT2D eigenvalue weighted by atomic mass is 16.6. The van der Waals surface area contributed by atoms with Gasteiger partial charge in [-0.1, -0.05) is 6.07 Å². The number of ether oxygens (including phenoxy) is 2. The summed E-state index contributed by atoms with van der Waals surface area (Å²) in [5.41, 5.74) is 5.14. The lowest BCUT2D eigenvalue weighted by atomic mass is 9.94. The van der Waals surface area contributed by atoms with E-state index < -0.39 is 5.60 Å². The van der Waals surface area contributed by atoms with Crippen LogP contribution in [-0.4, -0.2) is 44.5 Å². The molecule has 0 spiro atoms. The average Bonchev–Trinajstić information content (AvgIpc) is 3.44. The van der Waals surface area contributed by atoms with Gasteiger partial charge in [-0.05, 0) is 87.9 Å². The van der Waals surface area contributed by atoms with Crippen molar-refractivity contribution < 1.29 is 14.3 Å². The molecule has 0 radical (unpaired) electrons. The van der Waals surface area contributed by atoms with Crippen molar-refractivity contribution in [2.75, 3.05) is 5.32 Å². The van der Waals surface area contributed by atoms with Crippen LogP contribution in [0.5, 0.6) is 5.75 Å². The fourth-order valence-corrected chi connectivity index (χ4v) is 5.78. The first-order valence-electron chi connectivity index (χ1n) is 12.5. The zero-order valence-corrected chi connectivity index (χ0v) is 20.5. The molecule has 2 aromatic carbocycles. The van der Waals surface area contributed by atoms with Gasteiger partial charge in [0.05, 0.1) is 5.69 Å². The van der Waals surface area contributed by atoms with E-state index in [0.717, 1.165) is 48.4 Å². The Balaban J connectivity index is 1.16. The quantitative estimate of drug-likeness (QED) is 0.524. The SMILES string of the molecule is CC(C)(C)OC(=O)N1C2CCC1CC(Nc1ccc3c(c1)COc1cc(-n4cccn4)ccc1-3)C2. The molecule has 4 heterocycles. The number of rotatable bonds is 3. The third-order valence-electron chi connectivity index (χ3n) is 7.22. The van der Waals surface area contributed by atoms with Crippen molar-refractivity contribution >= 4 is 11.8 Å². The van der Waals surface area contributed by atoms with Gasteiger partial charge in [-0.25, -0.2) is 9.48 Å². The number of fused-ring (bicyclic) bond motifs is 5. The van der Waals surface area contributed by atoms with Gasteiger partial charge < -0.3 is 19.7 Å². The zero-order chi connectivity index (χ0) is 24.2. The van der Waals surface area contributed by atoms with Crippen molar-refractivity contribution in [1.29, 1.82) is 0 Å². The minimum Gasteiger partial charge on any atom is -0.488 e. The zero-order valence-electron chi connectivity index (χ0n) is 20.5. The highest BCUT2D eigenvalue weighted by Crippen LogP contribution is 2.41. The lowest BCUT2D eigenvalue weighted by molar-refractivity contribution is 0.00683. The molecule has 3 aromatic rings. The molecule has 2 bridgehead atoms. The van der Waals surface area contributed by atoms with E-state index in [2.05, 4.69) is 40.7 Å². The molecule has 0 saturated carbocycles. The predicted octanol–water partition coefficient (Wildman–Crippen LogP) is 5.77. The topological polar surface area (TPSA) is 68.6 Å². The fraction of sp³-hybridized carbons (Fsp3) is 0.429. The molecule has 35 heavy (non-hydrogen) atoms. The number of benzene rings is 2. The predicted molar refractivity (Wildman–Crippen MR) is 135 cm³/mol. The third-order valence-corrected chi connectivity index (χ3v) is 7.22. The summed E-state index contributed by atoms with van der Waals surface area (Å²) < 4.78 is 13.7. The van der Waals surface area contributed by atoms with Crippen LogP contribution in [0, 0.1) is 0 Å². The number of hydrogen-bond donors (Lipinski definition) is 1. The van der Waals surface area contributed by atoms with Gasteiger partial charge >= 0.3 is 6.09 Å². The highest BCUT2D eigenvalue weighted by molar-refractivity contribution is 5.78. The standard InChI is InChI=1S/C28H32N4O3/c1-28(2,3)35-27(33)32-22-6-7-23(32)15-20(14-22)30-19-5-9-24-18(13-19)17-34-26-16-21(8-10-25(24)26)31-12-4-11-29-31/h4-5,8-13,16,20,22-23,30H,6-7,14-15,17H2,1-3H3. The lowest BCUT2D eigenvalue weighted by Crippen LogP contribution is -2.51. The molecule has 2 saturated heterocycles. The Kier molecular flexibility index (Phi) is 5.24. The number of hydrogen-bond acceptors (Lipinski definition) is 5. The summed E-state index contributed by atoms with van der Waals surface area (Å²) in [7, 11) is 0. The van der Waals surface area contributed by atoms with Crippen LogP contribution in [0.25, 0.3) is 16.8 Å². The van der Waals surface area contributed by atoms with Crippen LogP contribution in [0.1, 0.15) is 52.0 Å². The van der Waals surface area contributed by atoms with Gasteiger partial charge in [-0.2, -0.15) is 5.10 Å². The minimum absolute atomic E-state index is 0.163. The molecule has 1 aromatic heterocycles. The number of amides is 1. The summed E-state index contributed by atoms with van der Waals surface area (Å²) in [5, 5.41) is 8.06. The van der Waals surface area contributed by atoms with Crippen LogP contribution >= 0.6 is 0 Å². The molecular formula is C28H32N4O3. The molecule has 7 heteroatoms. The summed E-state index contributed by atoms with van der Waals surface area (Å²) >= 11 is 0. The molecule has 7 nitrogen and oxygen atoms in total. The maximum atomic E-state index is 12.8. The largest absolute Gasteiger partial charge is 0.488 e. The molecule has 2 unspecified atom stereocenters. The molecule has 0 aliphatic carbocycles. The van der Waals surface area contributed by atoms with E-state index in [-0.39, 0.29) is 18.2 Å². The summed E-state index contributed by atoms with van der Waals surface area (Å²) in [6.07, 6.45) is 7.54. The van der Waals surface area contributed by atoms with Crippen molar-refractivity contribution in [3.8, 4) is 22.6 Å². The maximum Gasteiger partial charge on any atom is 0.410 e. The molecule has 1 N–H and O–H groups in total. The smallest absolute Gasteiger partial charge is 0.410 e. The highest BCUT2D eigenvalue weighted by Gasteiger charge is 2.44. The third kappa shape index (κ3) is 4.24. The molecule has 6 rings (SSSR count). The summed E-state index contributed by atoms with van der Waals surface area (Å²) in [4.78, 5) is 14.8. The van der Waals surface area contributed by atoms with Crippen molar-refractivity contribution in [1.82, 2.24) is 14.7 Å². The normalized spacial score (nSPS) is 22.7. The molecule has 3 aliphatic rings. The Labute approximate surface area is 206 Å². The van der Waals surface area contributed by atoms with Crippen LogP contribution < -0.4 is 10.1 Å². The number of carbonyl (C=O) groups is 1. The monoisotopic (exact) mass is 472 g/mol. The van der Waals surface area contributed by atoms with Gasteiger partial charge in [0.1, 0.15) is 18.0 Å². The number of anilines is 1. The summed E-state index contributed by atoms with van der Waals surface area (Å²) in [6.45, 7) is 6.33. The Morgan fingerprint density at radius 1 is 1.09 bits per heavy atom.